The molecule has 0 aliphatic heterocycles. The minimum absolute atomic E-state index is 0.192. The largest absolute Gasteiger partial charge is 0.490 e. The number of carbonyl (C=O) groups is 1. The van der Waals surface area contributed by atoms with E-state index in [2.05, 4.69) is 0 Å². The molecule has 0 bridgehead atoms. The van der Waals surface area contributed by atoms with Crippen LogP contribution in [0.1, 0.15) is 24.8 Å². The van der Waals surface area contributed by atoms with Crippen molar-refractivity contribution < 1.29 is 13.9 Å². The first kappa shape index (κ1) is 12.8. The van der Waals surface area contributed by atoms with Gasteiger partial charge in [0, 0.05) is 12.5 Å². The van der Waals surface area contributed by atoms with Gasteiger partial charge in [0.1, 0.15) is 17.7 Å². The van der Waals surface area contributed by atoms with Crippen molar-refractivity contribution >= 4 is 5.91 Å². The van der Waals surface area contributed by atoms with Crippen LogP contribution >= 0.6 is 0 Å². The van der Waals surface area contributed by atoms with Crippen LogP contribution in [0.2, 0.25) is 0 Å². The second-order valence-corrected chi connectivity index (χ2v) is 4.91. The first-order chi connectivity index (χ1) is 8.40. The molecule has 1 aliphatic rings. The minimum atomic E-state index is -0.994. The summed E-state index contributed by atoms with van der Waals surface area (Å²) >= 11 is 0. The number of rotatable bonds is 3. The van der Waals surface area contributed by atoms with Gasteiger partial charge in [-0.2, -0.15) is 0 Å². The Balaban J connectivity index is 2.08. The third-order valence-electron chi connectivity index (χ3n) is 3.44. The fourth-order valence-electron chi connectivity index (χ4n) is 2.23. The molecule has 2 atom stereocenters. The van der Waals surface area contributed by atoms with Gasteiger partial charge in [0.2, 0.25) is 5.91 Å². The zero-order chi connectivity index (χ0) is 13.3. The summed E-state index contributed by atoms with van der Waals surface area (Å²) in [5.74, 6) is -0.360. The van der Waals surface area contributed by atoms with Crippen LogP contribution < -0.4 is 16.2 Å². The zero-order valence-corrected chi connectivity index (χ0v) is 10.3. The number of carbonyl (C=O) groups excluding carboxylic acids is 1. The average Bonchev–Trinajstić information content (AvgIpc) is 2.67. The molecule has 0 spiro atoms. The number of primary amides is 1. The van der Waals surface area contributed by atoms with Crippen LogP contribution in [0.5, 0.6) is 5.75 Å². The lowest BCUT2D eigenvalue weighted by molar-refractivity contribution is -0.123. The predicted octanol–water partition coefficient (Wildman–Crippen LogP) is 1.25. The lowest BCUT2D eigenvalue weighted by atomic mass is 9.99. The third kappa shape index (κ3) is 2.46. The van der Waals surface area contributed by atoms with E-state index in [4.69, 9.17) is 16.2 Å². The van der Waals surface area contributed by atoms with Crippen LogP contribution in [0.3, 0.4) is 0 Å². The molecule has 98 valence electrons. The molecule has 0 aromatic heterocycles. The zero-order valence-electron chi connectivity index (χ0n) is 10.3. The monoisotopic (exact) mass is 252 g/mol. The molecular formula is C13H17FN2O2. The minimum Gasteiger partial charge on any atom is -0.490 e. The maximum atomic E-state index is 13.1. The second-order valence-electron chi connectivity index (χ2n) is 4.91. The Morgan fingerprint density at radius 2 is 2.28 bits per heavy atom. The Labute approximate surface area is 105 Å². The third-order valence-corrected chi connectivity index (χ3v) is 3.44. The summed E-state index contributed by atoms with van der Waals surface area (Å²) < 4.78 is 18.8. The fraction of sp³-hybridized carbons (Fsp3) is 0.462. The van der Waals surface area contributed by atoms with Crippen molar-refractivity contribution in [3.8, 4) is 5.75 Å². The second kappa shape index (κ2) is 4.57. The maximum absolute atomic E-state index is 13.1. The molecule has 1 aliphatic carbocycles. The van der Waals surface area contributed by atoms with Crippen LogP contribution in [-0.4, -0.2) is 17.6 Å². The molecule has 1 amide bonds. The average molecular weight is 252 g/mol. The Morgan fingerprint density at radius 1 is 1.56 bits per heavy atom. The highest BCUT2D eigenvalue weighted by Crippen LogP contribution is 2.32. The van der Waals surface area contributed by atoms with Gasteiger partial charge in [0.15, 0.2) is 0 Å². The smallest absolute Gasteiger partial charge is 0.237 e. The summed E-state index contributed by atoms with van der Waals surface area (Å²) in [6, 6.07) is 4.38. The standard InChI is InChI=1S/C13H17FN2O2/c1-8-2-3-9(14)6-11(8)18-10-4-5-13(16,7-10)12(15)17/h2-3,6,10H,4-5,7,16H2,1H3,(H2,15,17). The quantitative estimate of drug-likeness (QED) is 0.849. The van der Waals surface area contributed by atoms with Crippen LogP contribution in [0, 0.1) is 12.7 Å². The van der Waals surface area contributed by atoms with E-state index in [-0.39, 0.29) is 11.9 Å². The van der Waals surface area contributed by atoms with Gasteiger partial charge >= 0.3 is 0 Å². The molecule has 1 saturated carbocycles. The summed E-state index contributed by atoms with van der Waals surface area (Å²) in [6.45, 7) is 1.84. The topological polar surface area (TPSA) is 78.3 Å². The number of benzene rings is 1. The molecule has 1 aromatic rings. The normalized spacial score (nSPS) is 27.2. The maximum Gasteiger partial charge on any atom is 0.237 e. The summed E-state index contributed by atoms with van der Waals surface area (Å²) in [5.41, 5.74) is 11.0. The van der Waals surface area contributed by atoms with E-state index < -0.39 is 11.4 Å². The van der Waals surface area contributed by atoms with Gasteiger partial charge in [-0.3, -0.25) is 4.79 Å². The van der Waals surface area contributed by atoms with E-state index in [0.717, 1.165) is 5.56 Å². The number of ether oxygens (including phenoxy) is 1. The van der Waals surface area contributed by atoms with Gasteiger partial charge in [-0.25, -0.2) is 4.39 Å². The highest BCUT2D eigenvalue weighted by atomic mass is 19.1. The molecule has 0 saturated heterocycles. The van der Waals surface area contributed by atoms with Crippen molar-refractivity contribution in [2.75, 3.05) is 0 Å². The van der Waals surface area contributed by atoms with Crippen molar-refractivity contribution in [1.29, 1.82) is 0 Å². The Bertz CT molecular complexity index is 478. The van der Waals surface area contributed by atoms with Crippen molar-refractivity contribution in [2.24, 2.45) is 11.5 Å². The van der Waals surface area contributed by atoms with Gasteiger partial charge in [-0.05, 0) is 31.4 Å². The van der Waals surface area contributed by atoms with Crippen LogP contribution in [0.15, 0.2) is 18.2 Å². The van der Waals surface area contributed by atoms with E-state index in [1.165, 1.54) is 12.1 Å². The van der Waals surface area contributed by atoms with E-state index in [1.54, 1.807) is 6.07 Å². The van der Waals surface area contributed by atoms with Gasteiger partial charge in [0.25, 0.3) is 0 Å². The molecule has 1 fully saturated rings. The summed E-state index contributed by atoms with van der Waals surface area (Å²) in [5, 5.41) is 0. The number of halogens is 1. The first-order valence-corrected chi connectivity index (χ1v) is 5.92. The number of nitrogens with two attached hydrogens (primary N) is 2. The van der Waals surface area contributed by atoms with Crippen molar-refractivity contribution in [2.45, 2.75) is 37.8 Å². The number of hydrogen-bond acceptors (Lipinski definition) is 3. The van der Waals surface area contributed by atoms with Crippen molar-refractivity contribution in [3.05, 3.63) is 29.6 Å². The van der Waals surface area contributed by atoms with E-state index in [0.29, 0.717) is 25.0 Å². The predicted molar refractivity (Wildman–Crippen MR) is 65.5 cm³/mol. The lowest BCUT2D eigenvalue weighted by Gasteiger charge is -2.20. The Morgan fingerprint density at radius 3 is 2.89 bits per heavy atom. The van der Waals surface area contributed by atoms with Crippen molar-refractivity contribution in [1.82, 2.24) is 0 Å². The Hall–Kier alpha value is -1.62. The molecular weight excluding hydrogens is 235 g/mol. The van der Waals surface area contributed by atoms with Crippen LogP contribution in [0.4, 0.5) is 4.39 Å². The SMILES string of the molecule is Cc1ccc(F)cc1OC1CCC(N)(C(N)=O)C1. The molecule has 2 rings (SSSR count). The Kier molecular flexibility index (Phi) is 3.26. The number of aryl methyl sites for hydroxylation is 1. The molecule has 1 aromatic carbocycles. The molecule has 2 unspecified atom stereocenters. The van der Waals surface area contributed by atoms with E-state index in [9.17, 15) is 9.18 Å². The fourth-order valence-corrected chi connectivity index (χ4v) is 2.23. The molecule has 0 heterocycles. The lowest BCUT2D eigenvalue weighted by Crippen LogP contribution is -2.50. The van der Waals surface area contributed by atoms with Gasteiger partial charge in [0.05, 0.1) is 5.54 Å². The summed E-state index contributed by atoms with van der Waals surface area (Å²) in [7, 11) is 0. The summed E-state index contributed by atoms with van der Waals surface area (Å²) in [4.78, 5) is 11.2. The molecule has 4 nitrogen and oxygen atoms in total. The van der Waals surface area contributed by atoms with Gasteiger partial charge in [-0.1, -0.05) is 6.07 Å². The highest BCUT2D eigenvalue weighted by molar-refractivity contribution is 5.84. The number of amides is 1. The molecule has 5 heteroatoms. The molecule has 4 N–H and O–H groups in total. The van der Waals surface area contributed by atoms with E-state index >= 15 is 0 Å². The van der Waals surface area contributed by atoms with Crippen molar-refractivity contribution in [3.63, 3.8) is 0 Å². The summed E-state index contributed by atoms with van der Waals surface area (Å²) in [6.07, 6.45) is 1.33. The number of hydrogen-bond donors (Lipinski definition) is 2. The van der Waals surface area contributed by atoms with E-state index in [1.807, 2.05) is 6.92 Å². The highest BCUT2D eigenvalue weighted by Gasteiger charge is 2.41. The molecule has 18 heavy (non-hydrogen) atoms. The van der Waals surface area contributed by atoms with Crippen LogP contribution in [-0.2, 0) is 4.79 Å². The van der Waals surface area contributed by atoms with Crippen LogP contribution in [0.25, 0.3) is 0 Å². The first-order valence-electron chi connectivity index (χ1n) is 5.92. The van der Waals surface area contributed by atoms with Gasteiger partial charge in [-0.15, -0.1) is 0 Å². The molecule has 0 radical (unpaired) electrons. The van der Waals surface area contributed by atoms with Gasteiger partial charge < -0.3 is 16.2 Å².